The van der Waals surface area contributed by atoms with Gasteiger partial charge >= 0.3 is 0 Å². The third-order valence-electron chi connectivity index (χ3n) is 3.72. The normalized spacial score (nSPS) is 36.9. The van der Waals surface area contributed by atoms with Crippen molar-refractivity contribution < 1.29 is 14.9 Å². The van der Waals surface area contributed by atoms with Crippen molar-refractivity contribution in [2.75, 3.05) is 0 Å². The van der Waals surface area contributed by atoms with Crippen LogP contribution in [-0.2, 0) is 4.74 Å². The number of piperidine rings is 2. The molecule has 2 heterocycles. The van der Waals surface area contributed by atoms with Gasteiger partial charge in [0.05, 0.1) is 11.7 Å². The molecule has 2 N–H and O–H groups in total. The van der Waals surface area contributed by atoms with Crippen molar-refractivity contribution in [3.05, 3.63) is 0 Å². The second kappa shape index (κ2) is 4.84. The maximum Gasteiger partial charge on any atom is 0.217 e. The molecule has 2 aliphatic heterocycles. The molecule has 0 radical (unpaired) electrons. The number of rotatable bonds is 2. The van der Waals surface area contributed by atoms with Crippen LogP contribution in [0.5, 0.6) is 0 Å². The second-order valence-electron chi connectivity index (χ2n) is 6.37. The number of hydrogen-bond donors (Lipinski definition) is 2. The first-order valence-corrected chi connectivity index (χ1v) is 6.68. The van der Waals surface area contributed by atoms with E-state index in [2.05, 4.69) is 4.90 Å². The molecule has 0 spiro atoms. The zero-order chi connectivity index (χ0) is 12.6. The van der Waals surface area contributed by atoms with Crippen molar-refractivity contribution in [3.8, 4) is 0 Å². The molecule has 0 amide bonds. The Kier molecular flexibility index (Phi) is 3.78. The van der Waals surface area contributed by atoms with Crippen molar-refractivity contribution in [3.63, 3.8) is 0 Å². The third-order valence-corrected chi connectivity index (χ3v) is 3.72. The van der Waals surface area contributed by atoms with Crippen LogP contribution < -0.4 is 0 Å². The fraction of sp³-hybridized carbons (Fsp3) is 1.00. The predicted octanol–water partition coefficient (Wildman–Crippen LogP) is 1.46. The van der Waals surface area contributed by atoms with Gasteiger partial charge in [-0.25, -0.2) is 4.90 Å². The lowest BCUT2D eigenvalue weighted by Crippen LogP contribution is -2.59. The fourth-order valence-electron chi connectivity index (χ4n) is 3.13. The van der Waals surface area contributed by atoms with Gasteiger partial charge in [0.15, 0.2) is 0 Å². The minimum absolute atomic E-state index is 0.205. The van der Waals surface area contributed by atoms with Gasteiger partial charge in [-0.05, 0) is 46.5 Å². The molecule has 2 fully saturated rings. The maximum absolute atomic E-state index is 10.2. The quantitative estimate of drug-likeness (QED) is 0.721. The van der Waals surface area contributed by atoms with E-state index in [0.29, 0.717) is 0 Å². The van der Waals surface area contributed by atoms with Gasteiger partial charge in [-0.2, -0.15) is 0 Å². The lowest BCUT2D eigenvalue weighted by molar-refractivity contribution is -0.274. The molecule has 2 rings (SSSR count). The Morgan fingerprint density at radius 1 is 1.18 bits per heavy atom. The molecule has 2 saturated heterocycles. The summed E-state index contributed by atoms with van der Waals surface area (Å²) in [5.74, 6) is 0. The van der Waals surface area contributed by atoms with Gasteiger partial charge < -0.3 is 14.9 Å². The van der Waals surface area contributed by atoms with E-state index in [0.717, 1.165) is 25.7 Å². The molecule has 0 aromatic rings. The van der Waals surface area contributed by atoms with Crippen molar-refractivity contribution in [1.29, 1.82) is 0 Å². The highest BCUT2D eigenvalue weighted by molar-refractivity contribution is 4.92. The number of aliphatic hydroxyl groups excluding tert-OH is 2. The van der Waals surface area contributed by atoms with Gasteiger partial charge in [0, 0.05) is 12.1 Å². The van der Waals surface area contributed by atoms with Crippen molar-refractivity contribution in [2.24, 2.45) is 0 Å². The first-order chi connectivity index (χ1) is 7.87. The Labute approximate surface area is 104 Å². The fourth-order valence-corrected chi connectivity index (χ4v) is 3.13. The van der Waals surface area contributed by atoms with Crippen LogP contribution in [0.2, 0.25) is 0 Å². The Balaban J connectivity index is 2.04. The Morgan fingerprint density at radius 3 is 2.18 bits per heavy atom. The van der Waals surface area contributed by atoms with E-state index in [-0.39, 0.29) is 23.8 Å². The molecule has 0 aromatic carbocycles. The minimum Gasteiger partial charge on any atom is -0.393 e. The molecule has 3 unspecified atom stereocenters. The van der Waals surface area contributed by atoms with Crippen LogP contribution in [-0.4, -0.2) is 45.3 Å². The maximum atomic E-state index is 10.2. The molecule has 3 atom stereocenters. The summed E-state index contributed by atoms with van der Waals surface area (Å²) in [5, 5.41) is 20.0. The Hall–Kier alpha value is -0.160. The smallest absolute Gasteiger partial charge is 0.217 e. The summed E-state index contributed by atoms with van der Waals surface area (Å²) in [6.07, 6.45) is 3.79. The number of nitrogens with zero attached hydrogens (tertiary/aromatic N) is 1. The topological polar surface area (TPSA) is 52.9 Å². The molecule has 100 valence electrons. The monoisotopic (exact) mass is 243 g/mol. The number of fused-ring (bicyclic) bond motifs is 2. The molecule has 0 saturated carbocycles. The molecule has 0 aliphatic carbocycles. The molecule has 2 bridgehead atoms. The molecule has 0 aromatic heterocycles. The number of ether oxygens (including phenoxy) is 1. The number of hydrogen-bond acceptors (Lipinski definition) is 4. The van der Waals surface area contributed by atoms with Crippen LogP contribution in [0.3, 0.4) is 0 Å². The van der Waals surface area contributed by atoms with Gasteiger partial charge in [0.2, 0.25) is 6.41 Å². The van der Waals surface area contributed by atoms with E-state index < -0.39 is 6.41 Å². The lowest BCUT2D eigenvalue weighted by Gasteiger charge is -2.50. The van der Waals surface area contributed by atoms with E-state index in [4.69, 9.17) is 4.74 Å². The number of aliphatic hydroxyl groups is 2. The first-order valence-electron chi connectivity index (χ1n) is 6.68. The summed E-state index contributed by atoms with van der Waals surface area (Å²) in [5.41, 5.74) is -0.343. The molecular formula is C13H25NO3. The second-order valence-corrected chi connectivity index (χ2v) is 6.37. The van der Waals surface area contributed by atoms with Gasteiger partial charge in [-0.15, -0.1) is 0 Å². The summed E-state index contributed by atoms with van der Waals surface area (Å²) >= 11 is 0. The van der Waals surface area contributed by atoms with Crippen molar-refractivity contribution in [1.82, 2.24) is 4.90 Å². The van der Waals surface area contributed by atoms with Gasteiger partial charge in [0.25, 0.3) is 0 Å². The van der Waals surface area contributed by atoms with Gasteiger partial charge in [0.1, 0.15) is 0 Å². The van der Waals surface area contributed by atoms with Gasteiger partial charge in [-0.1, -0.05) is 6.42 Å². The summed E-state index contributed by atoms with van der Waals surface area (Å²) in [6, 6.07) is 0.546. The van der Waals surface area contributed by atoms with Crippen LogP contribution in [0.15, 0.2) is 0 Å². The van der Waals surface area contributed by atoms with E-state index in [1.807, 2.05) is 20.8 Å². The molecule has 17 heavy (non-hydrogen) atoms. The van der Waals surface area contributed by atoms with E-state index in [9.17, 15) is 10.2 Å². The molecule has 4 nitrogen and oxygen atoms in total. The molecular weight excluding hydrogens is 218 g/mol. The molecule has 2 aliphatic rings. The zero-order valence-electron chi connectivity index (χ0n) is 11.1. The van der Waals surface area contributed by atoms with Crippen molar-refractivity contribution in [2.45, 2.75) is 83.1 Å². The standard InChI is InChI=1S/C13H25NO3/c1-13(2,3)17-12(16)14-9-5-4-6-10(14)8-11(15)7-9/h9-12,15-16H,4-8H2,1-3H3. The zero-order valence-corrected chi connectivity index (χ0v) is 11.1. The highest BCUT2D eigenvalue weighted by Crippen LogP contribution is 2.35. The predicted molar refractivity (Wildman–Crippen MR) is 65.4 cm³/mol. The van der Waals surface area contributed by atoms with E-state index in [1.54, 1.807) is 0 Å². The summed E-state index contributed by atoms with van der Waals surface area (Å²) in [4.78, 5) is 2.07. The van der Waals surface area contributed by atoms with E-state index >= 15 is 0 Å². The first kappa shape index (κ1) is 13.3. The highest BCUT2D eigenvalue weighted by atomic mass is 16.6. The summed E-state index contributed by atoms with van der Waals surface area (Å²) in [7, 11) is 0. The lowest BCUT2D eigenvalue weighted by atomic mass is 9.83. The van der Waals surface area contributed by atoms with Crippen LogP contribution in [0, 0.1) is 0 Å². The van der Waals surface area contributed by atoms with E-state index in [1.165, 1.54) is 6.42 Å². The minimum atomic E-state index is -0.835. The summed E-state index contributed by atoms with van der Waals surface area (Å²) in [6.45, 7) is 5.85. The SMILES string of the molecule is CC(C)(C)OC(O)N1C2CCCC1CC(O)C2. The average molecular weight is 243 g/mol. The molecule has 4 heteroatoms. The van der Waals surface area contributed by atoms with Crippen LogP contribution >= 0.6 is 0 Å². The van der Waals surface area contributed by atoms with Crippen LogP contribution in [0.4, 0.5) is 0 Å². The van der Waals surface area contributed by atoms with Gasteiger partial charge in [-0.3, -0.25) is 0 Å². The Bertz CT molecular complexity index is 250. The van der Waals surface area contributed by atoms with Crippen LogP contribution in [0.25, 0.3) is 0 Å². The average Bonchev–Trinajstić information content (AvgIpc) is 2.12. The third kappa shape index (κ3) is 3.19. The Morgan fingerprint density at radius 2 is 1.71 bits per heavy atom. The van der Waals surface area contributed by atoms with Crippen LogP contribution in [0.1, 0.15) is 52.9 Å². The van der Waals surface area contributed by atoms with Crippen molar-refractivity contribution >= 4 is 0 Å². The largest absolute Gasteiger partial charge is 0.393 e. The highest BCUT2D eigenvalue weighted by Gasteiger charge is 2.42. The summed E-state index contributed by atoms with van der Waals surface area (Å²) < 4.78 is 5.65.